The molecule has 4 aromatic heterocycles. The van der Waals surface area contributed by atoms with Gasteiger partial charge in [-0.2, -0.15) is 5.10 Å². The Bertz CT molecular complexity index is 1010. The van der Waals surface area contributed by atoms with Crippen molar-refractivity contribution in [2.75, 3.05) is 0 Å². The minimum Gasteiger partial charge on any atom is -0.345 e. The molecule has 0 saturated heterocycles. The Balaban J connectivity index is 1.46. The normalized spacial score (nSPS) is 10.6. The molecule has 128 valence electrons. The molecule has 1 amide bonds. The van der Waals surface area contributed by atoms with Crippen molar-refractivity contribution in [3.05, 3.63) is 72.8 Å². The predicted octanol–water partition coefficient (Wildman–Crippen LogP) is 1.38. The van der Waals surface area contributed by atoms with Crippen LogP contribution in [0.2, 0.25) is 0 Å². The summed E-state index contributed by atoms with van der Waals surface area (Å²) in [6.45, 7) is 0.249. The third-order valence-corrected chi connectivity index (χ3v) is 3.76. The Morgan fingerprint density at radius 2 is 1.81 bits per heavy atom. The zero-order valence-electron chi connectivity index (χ0n) is 13.6. The summed E-state index contributed by atoms with van der Waals surface area (Å²) in [6, 6.07) is 7.29. The number of carbonyl (C=O) groups excluding carboxylic acids is 1. The van der Waals surface area contributed by atoms with Gasteiger partial charge in [-0.3, -0.25) is 19.9 Å². The molecule has 0 saturated carbocycles. The molecule has 9 heteroatoms. The summed E-state index contributed by atoms with van der Waals surface area (Å²) >= 11 is 0. The van der Waals surface area contributed by atoms with Crippen LogP contribution in [0.1, 0.15) is 16.2 Å². The van der Waals surface area contributed by atoms with E-state index >= 15 is 0 Å². The van der Waals surface area contributed by atoms with Crippen molar-refractivity contribution >= 4 is 5.91 Å². The van der Waals surface area contributed by atoms with E-state index in [9.17, 15) is 4.79 Å². The lowest BCUT2D eigenvalue weighted by atomic mass is 10.1. The Labute approximate surface area is 148 Å². The number of hydrogen-bond acceptors (Lipinski definition) is 6. The van der Waals surface area contributed by atoms with E-state index in [1.165, 1.54) is 0 Å². The highest BCUT2D eigenvalue weighted by Gasteiger charge is 2.15. The van der Waals surface area contributed by atoms with Crippen molar-refractivity contribution in [2.45, 2.75) is 6.54 Å². The van der Waals surface area contributed by atoms with E-state index in [1.807, 2.05) is 24.3 Å². The second kappa shape index (κ2) is 6.93. The molecule has 0 aliphatic carbocycles. The first-order valence-corrected chi connectivity index (χ1v) is 7.85. The van der Waals surface area contributed by atoms with Crippen LogP contribution in [0.3, 0.4) is 0 Å². The van der Waals surface area contributed by atoms with Gasteiger partial charge in [0.15, 0.2) is 0 Å². The highest BCUT2D eigenvalue weighted by atomic mass is 16.1. The van der Waals surface area contributed by atoms with Gasteiger partial charge in [0.25, 0.3) is 5.91 Å². The fraction of sp³-hybridized carbons (Fsp3) is 0.0588. The quantitative estimate of drug-likeness (QED) is 0.564. The Morgan fingerprint density at radius 1 is 1.08 bits per heavy atom. The predicted molar refractivity (Wildman–Crippen MR) is 92.1 cm³/mol. The number of amides is 1. The van der Waals surface area contributed by atoms with Crippen LogP contribution in [0, 0.1) is 0 Å². The van der Waals surface area contributed by atoms with E-state index in [1.54, 1.807) is 41.9 Å². The molecule has 0 aliphatic heterocycles. The molecule has 0 unspecified atom stereocenters. The van der Waals surface area contributed by atoms with Gasteiger partial charge in [0.2, 0.25) is 0 Å². The molecule has 26 heavy (non-hydrogen) atoms. The lowest BCUT2D eigenvalue weighted by Crippen LogP contribution is -2.24. The van der Waals surface area contributed by atoms with Crippen molar-refractivity contribution in [1.29, 1.82) is 0 Å². The lowest BCUT2D eigenvalue weighted by molar-refractivity contribution is 0.0946. The number of carbonyl (C=O) groups is 1. The van der Waals surface area contributed by atoms with Crippen LogP contribution >= 0.6 is 0 Å². The van der Waals surface area contributed by atoms with Gasteiger partial charge in [-0.05, 0) is 29.8 Å². The molecule has 4 aromatic rings. The number of nitrogens with one attached hydrogen (secondary N) is 2. The first-order valence-electron chi connectivity index (χ1n) is 7.85. The van der Waals surface area contributed by atoms with Crippen LogP contribution in [0.25, 0.3) is 16.8 Å². The minimum atomic E-state index is -0.271. The SMILES string of the molecule is O=C(NCc1cn(-c2ccncc2)nn1)c1[nH]ncc1-c1ccncc1. The third kappa shape index (κ3) is 3.18. The number of aromatic amines is 1. The van der Waals surface area contributed by atoms with Crippen LogP contribution in [-0.4, -0.2) is 41.1 Å². The zero-order chi connectivity index (χ0) is 17.8. The van der Waals surface area contributed by atoms with Crippen molar-refractivity contribution in [1.82, 2.24) is 40.5 Å². The molecule has 4 heterocycles. The highest BCUT2D eigenvalue weighted by molar-refractivity contribution is 5.98. The van der Waals surface area contributed by atoms with Crippen LogP contribution < -0.4 is 5.32 Å². The number of nitrogens with zero attached hydrogens (tertiary/aromatic N) is 6. The fourth-order valence-corrected chi connectivity index (χ4v) is 2.47. The van der Waals surface area contributed by atoms with Gasteiger partial charge in [0.1, 0.15) is 11.4 Å². The van der Waals surface area contributed by atoms with Crippen molar-refractivity contribution in [3.63, 3.8) is 0 Å². The van der Waals surface area contributed by atoms with Gasteiger partial charge < -0.3 is 5.32 Å². The molecule has 0 aromatic carbocycles. The number of H-pyrrole nitrogens is 1. The van der Waals surface area contributed by atoms with E-state index in [4.69, 9.17) is 0 Å². The summed E-state index contributed by atoms with van der Waals surface area (Å²) in [5.41, 5.74) is 3.45. The maximum atomic E-state index is 12.5. The van der Waals surface area contributed by atoms with Gasteiger partial charge in [-0.15, -0.1) is 5.10 Å². The van der Waals surface area contributed by atoms with E-state index < -0.39 is 0 Å². The number of pyridine rings is 2. The van der Waals surface area contributed by atoms with Crippen LogP contribution in [0.5, 0.6) is 0 Å². The topological polar surface area (TPSA) is 114 Å². The third-order valence-electron chi connectivity index (χ3n) is 3.76. The standard InChI is InChI=1S/C17H14N8O/c26-17(16-15(10-21-23-16)12-1-5-18-6-2-12)20-9-13-11-25(24-22-13)14-3-7-19-8-4-14/h1-8,10-11H,9H2,(H,20,26)(H,21,23). The Morgan fingerprint density at radius 3 is 2.58 bits per heavy atom. The maximum absolute atomic E-state index is 12.5. The molecular weight excluding hydrogens is 332 g/mol. The molecule has 0 spiro atoms. The van der Waals surface area contributed by atoms with E-state index in [-0.39, 0.29) is 12.5 Å². The highest BCUT2D eigenvalue weighted by Crippen LogP contribution is 2.20. The van der Waals surface area contributed by atoms with Crippen molar-refractivity contribution in [3.8, 4) is 16.8 Å². The first-order chi connectivity index (χ1) is 12.8. The average Bonchev–Trinajstić information content (AvgIpc) is 3.37. The van der Waals surface area contributed by atoms with Gasteiger partial charge in [0, 0.05) is 30.4 Å². The largest absolute Gasteiger partial charge is 0.345 e. The molecule has 0 atom stereocenters. The monoisotopic (exact) mass is 346 g/mol. The molecule has 0 bridgehead atoms. The average molecular weight is 346 g/mol. The summed E-state index contributed by atoms with van der Waals surface area (Å²) in [7, 11) is 0. The van der Waals surface area contributed by atoms with Gasteiger partial charge in [-0.1, -0.05) is 5.21 Å². The van der Waals surface area contributed by atoms with Crippen LogP contribution in [0.4, 0.5) is 0 Å². The molecule has 0 radical (unpaired) electrons. The number of rotatable bonds is 5. The van der Waals surface area contributed by atoms with Gasteiger partial charge >= 0.3 is 0 Å². The van der Waals surface area contributed by atoms with E-state index in [2.05, 4.69) is 35.8 Å². The van der Waals surface area contributed by atoms with Gasteiger partial charge in [0.05, 0.1) is 24.6 Å². The molecule has 2 N–H and O–H groups in total. The van der Waals surface area contributed by atoms with Crippen LogP contribution in [0.15, 0.2) is 61.4 Å². The molecular formula is C17H14N8O. The van der Waals surface area contributed by atoms with Crippen LogP contribution in [-0.2, 0) is 6.54 Å². The smallest absolute Gasteiger partial charge is 0.270 e. The molecule has 9 nitrogen and oxygen atoms in total. The lowest BCUT2D eigenvalue weighted by Gasteiger charge is -2.04. The maximum Gasteiger partial charge on any atom is 0.270 e. The van der Waals surface area contributed by atoms with Crippen molar-refractivity contribution in [2.24, 2.45) is 0 Å². The number of hydrogen-bond donors (Lipinski definition) is 2. The first kappa shape index (κ1) is 15.6. The number of aromatic nitrogens is 7. The second-order valence-electron chi connectivity index (χ2n) is 5.44. The zero-order valence-corrected chi connectivity index (χ0v) is 13.6. The fourth-order valence-electron chi connectivity index (χ4n) is 2.47. The summed E-state index contributed by atoms with van der Waals surface area (Å²) in [4.78, 5) is 20.4. The van der Waals surface area contributed by atoms with E-state index in [0.29, 0.717) is 17.0 Å². The minimum absolute atomic E-state index is 0.249. The van der Waals surface area contributed by atoms with E-state index in [0.717, 1.165) is 11.3 Å². The summed E-state index contributed by atoms with van der Waals surface area (Å²) < 4.78 is 1.63. The Kier molecular flexibility index (Phi) is 4.17. The Hall–Kier alpha value is -3.88. The molecule has 0 fully saturated rings. The van der Waals surface area contributed by atoms with Gasteiger partial charge in [-0.25, -0.2) is 4.68 Å². The molecule has 0 aliphatic rings. The second-order valence-corrected chi connectivity index (χ2v) is 5.44. The van der Waals surface area contributed by atoms with Crippen molar-refractivity contribution < 1.29 is 4.79 Å². The summed E-state index contributed by atoms with van der Waals surface area (Å²) in [6.07, 6.45) is 10.1. The molecule has 4 rings (SSSR count). The summed E-state index contributed by atoms with van der Waals surface area (Å²) in [5, 5.41) is 17.7. The summed E-state index contributed by atoms with van der Waals surface area (Å²) in [5.74, 6) is -0.271.